The Morgan fingerprint density at radius 3 is 2.09 bits per heavy atom. The molecule has 0 saturated carbocycles. The van der Waals surface area contributed by atoms with Crippen LogP contribution in [0.25, 0.3) is 0 Å². The maximum absolute atomic E-state index is 9.98. The van der Waals surface area contributed by atoms with Gasteiger partial charge in [0.2, 0.25) is 0 Å². The second kappa shape index (κ2) is 20.2. The third-order valence-electron chi connectivity index (χ3n) is 5.79. The van der Waals surface area contributed by atoms with E-state index < -0.39 is 37.3 Å². The highest BCUT2D eigenvalue weighted by Gasteiger charge is 2.44. The van der Waals surface area contributed by atoms with Gasteiger partial charge in [0.15, 0.2) is 6.29 Å². The molecule has 0 spiro atoms. The van der Waals surface area contributed by atoms with Gasteiger partial charge in [0.05, 0.1) is 19.3 Å². The highest BCUT2D eigenvalue weighted by molar-refractivity contribution is 4.97. The van der Waals surface area contributed by atoms with Crippen molar-refractivity contribution in [1.82, 2.24) is 0 Å². The average Bonchev–Trinajstić information content (AvgIpc) is 2.84. The number of unbranched alkanes of at least 4 members (excludes halogenated alkanes) is 6. The minimum Gasteiger partial charge on any atom is -0.394 e. The summed E-state index contributed by atoms with van der Waals surface area (Å²) in [7, 11) is 0. The molecule has 198 valence electrons. The molecule has 0 aliphatic carbocycles. The molecule has 1 aliphatic rings. The summed E-state index contributed by atoms with van der Waals surface area (Å²) in [6.07, 6.45) is 18.3. The van der Waals surface area contributed by atoms with Gasteiger partial charge in [-0.2, -0.15) is 0 Å². The van der Waals surface area contributed by atoms with Crippen molar-refractivity contribution in [2.24, 2.45) is 0 Å². The number of aliphatic hydroxyl groups is 4. The summed E-state index contributed by atoms with van der Waals surface area (Å²) >= 11 is 0. The van der Waals surface area contributed by atoms with Crippen LogP contribution in [-0.4, -0.2) is 77.1 Å². The zero-order valence-corrected chi connectivity index (χ0v) is 21.1. The zero-order valence-electron chi connectivity index (χ0n) is 21.1. The largest absolute Gasteiger partial charge is 0.394 e. The highest BCUT2D eigenvalue weighted by atomic mass is 16.7. The van der Waals surface area contributed by atoms with Gasteiger partial charge in [0, 0.05) is 6.61 Å². The fraction of sp³-hybridized carbons (Fsp3) is 0.778. The van der Waals surface area contributed by atoms with Crippen molar-refractivity contribution in [1.29, 1.82) is 0 Å². The smallest absolute Gasteiger partial charge is 0.186 e. The van der Waals surface area contributed by atoms with Gasteiger partial charge in [-0.05, 0) is 45.4 Å². The van der Waals surface area contributed by atoms with Gasteiger partial charge in [-0.15, -0.1) is 0 Å². The van der Waals surface area contributed by atoms with Crippen molar-refractivity contribution in [3.63, 3.8) is 0 Å². The third-order valence-corrected chi connectivity index (χ3v) is 5.79. The Morgan fingerprint density at radius 2 is 1.41 bits per heavy atom. The van der Waals surface area contributed by atoms with Crippen LogP contribution in [0, 0.1) is 0 Å². The first-order valence-electron chi connectivity index (χ1n) is 13.0. The van der Waals surface area contributed by atoms with Crippen LogP contribution in [0.4, 0.5) is 0 Å². The van der Waals surface area contributed by atoms with Crippen LogP contribution < -0.4 is 0 Å². The molecule has 0 amide bonds. The van der Waals surface area contributed by atoms with Crippen LogP contribution in [0.1, 0.15) is 78.1 Å². The number of allylic oxidation sites excluding steroid dienone is 6. The van der Waals surface area contributed by atoms with E-state index in [9.17, 15) is 20.4 Å². The van der Waals surface area contributed by atoms with Crippen LogP contribution in [0.2, 0.25) is 0 Å². The minimum atomic E-state index is -1.43. The topological polar surface area (TPSA) is 109 Å². The maximum Gasteiger partial charge on any atom is 0.186 e. The van der Waals surface area contributed by atoms with E-state index in [-0.39, 0.29) is 12.7 Å². The van der Waals surface area contributed by atoms with E-state index in [0.29, 0.717) is 6.61 Å². The van der Waals surface area contributed by atoms with Crippen LogP contribution in [-0.2, 0) is 14.2 Å². The Kier molecular flexibility index (Phi) is 18.4. The summed E-state index contributed by atoms with van der Waals surface area (Å²) in [6.45, 7) is 4.38. The van der Waals surface area contributed by atoms with E-state index in [0.717, 1.165) is 38.5 Å². The van der Waals surface area contributed by atoms with Crippen molar-refractivity contribution in [3.8, 4) is 0 Å². The number of hydrogen-bond acceptors (Lipinski definition) is 7. The van der Waals surface area contributed by atoms with Gasteiger partial charge in [0.25, 0.3) is 0 Å². The minimum absolute atomic E-state index is 0.182. The summed E-state index contributed by atoms with van der Waals surface area (Å²) < 4.78 is 16.6. The first-order valence-corrected chi connectivity index (χ1v) is 13.0. The van der Waals surface area contributed by atoms with Gasteiger partial charge < -0.3 is 34.6 Å². The Labute approximate surface area is 206 Å². The molecule has 0 aromatic rings. The summed E-state index contributed by atoms with van der Waals surface area (Å²) in [5, 5.41) is 38.8. The van der Waals surface area contributed by atoms with E-state index in [1.807, 2.05) is 6.92 Å². The predicted octanol–water partition coefficient (Wildman–Crippen LogP) is 3.80. The normalized spacial score (nSPS) is 26.8. The van der Waals surface area contributed by atoms with Crippen LogP contribution in [0.3, 0.4) is 0 Å². The average molecular weight is 485 g/mol. The Bertz CT molecular complexity index is 561. The lowest BCUT2D eigenvalue weighted by Gasteiger charge is -2.39. The number of rotatable bonds is 19. The molecule has 0 radical (unpaired) electrons. The van der Waals surface area contributed by atoms with Crippen LogP contribution in [0.5, 0.6) is 0 Å². The van der Waals surface area contributed by atoms with Crippen LogP contribution in [0.15, 0.2) is 36.5 Å². The Hall–Kier alpha value is -1.06. The molecule has 0 aromatic heterocycles. The molecule has 1 saturated heterocycles. The fourth-order valence-corrected chi connectivity index (χ4v) is 3.67. The molecule has 6 atom stereocenters. The molecular weight excluding hydrogens is 436 g/mol. The molecular formula is C27H48O7. The highest BCUT2D eigenvalue weighted by Crippen LogP contribution is 2.22. The lowest BCUT2D eigenvalue weighted by molar-refractivity contribution is -0.304. The second-order valence-electron chi connectivity index (χ2n) is 8.92. The van der Waals surface area contributed by atoms with Gasteiger partial charge in [0.1, 0.15) is 24.4 Å². The van der Waals surface area contributed by atoms with E-state index in [1.165, 1.54) is 25.7 Å². The molecule has 1 fully saturated rings. The molecule has 0 aromatic carbocycles. The Balaban J connectivity index is 1.95. The van der Waals surface area contributed by atoms with Crippen molar-refractivity contribution < 1.29 is 34.6 Å². The number of aliphatic hydroxyl groups excluding tert-OH is 4. The van der Waals surface area contributed by atoms with Crippen molar-refractivity contribution in [2.45, 2.75) is 115 Å². The molecule has 1 heterocycles. The summed E-state index contributed by atoms with van der Waals surface area (Å²) in [5.41, 5.74) is 0. The summed E-state index contributed by atoms with van der Waals surface area (Å²) in [5.74, 6) is 0. The molecule has 1 unspecified atom stereocenters. The summed E-state index contributed by atoms with van der Waals surface area (Å²) in [6, 6.07) is 0. The maximum atomic E-state index is 9.98. The van der Waals surface area contributed by atoms with Gasteiger partial charge >= 0.3 is 0 Å². The fourth-order valence-electron chi connectivity index (χ4n) is 3.67. The second-order valence-corrected chi connectivity index (χ2v) is 8.92. The van der Waals surface area contributed by atoms with E-state index in [2.05, 4.69) is 43.4 Å². The third kappa shape index (κ3) is 13.7. The van der Waals surface area contributed by atoms with Crippen molar-refractivity contribution in [2.75, 3.05) is 19.8 Å². The first kappa shape index (κ1) is 31.0. The lowest BCUT2D eigenvalue weighted by Crippen LogP contribution is -2.59. The molecule has 34 heavy (non-hydrogen) atoms. The van der Waals surface area contributed by atoms with Crippen LogP contribution >= 0.6 is 0 Å². The van der Waals surface area contributed by atoms with E-state index in [4.69, 9.17) is 14.2 Å². The molecule has 7 heteroatoms. The molecule has 4 N–H and O–H groups in total. The van der Waals surface area contributed by atoms with Crippen molar-refractivity contribution >= 4 is 0 Å². The molecule has 1 aliphatic heterocycles. The predicted molar refractivity (Wildman–Crippen MR) is 134 cm³/mol. The molecule has 0 bridgehead atoms. The Morgan fingerprint density at radius 1 is 0.794 bits per heavy atom. The van der Waals surface area contributed by atoms with Crippen molar-refractivity contribution in [3.05, 3.63) is 36.5 Å². The number of ether oxygens (including phenoxy) is 3. The quantitative estimate of drug-likeness (QED) is 0.163. The standard InChI is InChI=1S/C27H48O7/c1-3-4-5-6-7-8-9-10-11-12-13-14-15-16-17-18-19-32-22(2)21-33-27-26(31)25(30)24(29)23(20-28)34-27/h4-5,7-8,10-11,22-31H,3,6,9,12-21H2,1-2H3/b5-4-,8-7-,11-10-/t22?,23-,24+,25+,26-,27+/m1/s1. The van der Waals surface area contributed by atoms with Gasteiger partial charge in [-0.25, -0.2) is 0 Å². The lowest BCUT2D eigenvalue weighted by atomic mass is 9.99. The SMILES string of the molecule is CC/C=C\C/C=C\C/C=C\CCCCCCCCOC(C)CO[C@H]1O[C@H](CO)[C@H](O)[C@H](O)[C@H]1O. The number of hydrogen-bond donors (Lipinski definition) is 4. The van der Waals surface area contributed by atoms with Gasteiger partial charge in [-0.3, -0.25) is 0 Å². The van der Waals surface area contributed by atoms with E-state index in [1.54, 1.807) is 0 Å². The van der Waals surface area contributed by atoms with Gasteiger partial charge in [-0.1, -0.05) is 69.1 Å². The summed E-state index contributed by atoms with van der Waals surface area (Å²) in [4.78, 5) is 0. The zero-order chi connectivity index (χ0) is 25.0. The monoisotopic (exact) mass is 484 g/mol. The first-order chi connectivity index (χ1) is 16.5. The molecule has 7 nitrogen and oxygen atoms in total. The molecule has 1 rings (SSSR count). The van der Waals surface area contributed by atoms with E-state index >= 15 is 0 Å².